The Bertz CT molecular complexity index is 110. The Kier molecular flexibility index (Phi) is 5.32. The zero-order chi connectivity index (χ0) is 7.11. The number of rotatable bonds is 3. The molecule has 0 unspecified atom stereocenters. The minimum atomic E-state index is -0.335. The van der Waals surface area contributed by atoms with Gasteiger partial charge in [-0.2, -0.15) is 0 Å². The maximum atomic E-state index is 10.4. The number of hydrogen-bond acceptors (Lipinski definition) is 2. The van der Waals surface area contributed by atoms with E-state index in [4.69, 9.17) is 11.6 Å². The minimum Gasteiger partial charge on any atom is -0.461 e. The molecule has 2 nitrogen and oxygen atoms in total. The van der Waals surface area contributed by atoms with Crippen molar-refractivity contribution in [1.29, 1.82) is 0 Å². The van der Waals surface area contributed by atoms with Crippen molar-refractivity contribution >= 4 is 17.6 Å². The monoisotopic (exact) mass is 148 g/mol. The second-order valence-corrected chi connectivity index (χ2v) is 1.73. The molecule has 0 saturated heterocycles. The first-order chi connectivity index (χ1) is 4.31. The van der Waals surface area contributed by atoms with Crippen LogP contribution in [0.1, 0.15) is 6.92 Å². The van der Waals surface area contributed by atoms with Crippen molar-refractivity contribution < 1.29 is 9.53 Å². The van der Waals surface area contributed by atoms with Crippen molar-refractivity contribution in [2.75, 3.05) is 12.5 Å². The molecular formula is C6H9ClO2. The average molecular weight is 149 g/mol. The van der Waals surface area contributed by atoms with Crippen LogP contribution in [0.5, 0.6) is 0 Å². The van der Waals surface area contributed by atoms with Crippen LogP contribution in [0.25, 0.3) is 0 Å². The molecule has 0 bridgehead atoms. The first kappa shape index (κ1) is 8.50. The molecule has 0 heterocycles. The van der Waals surface area contributed by atoms with Crippen LogP contribution in [-0.4, -0.2) is 18.5 Å². The summed E-state index contributed by atoms with van der Waals surface area (Å²) in [4.78, 5) is 10.4. The number of hydrogen-bond donors (Lipinski definition) is 0. The van der Waals surface area contributed by atoms with E-state index in [1.807, 2.05) is 0 Å². The van der Waals surface area contributed by atoms with Gasteiger partial charge in [0, 0.05) is 6.08 Å². The van der Waals surface area contributed by atoms with Crippen LogP contribution in [-0.2, 0) is 9.53 Å². The summed E-state index contributed by atoms with van der Waals surface area (Å²) in [6.45, 7) is 2.03. The highest BCUT2D eigenvalue weighted by atomic mass is 35.5. The standard InChI is InChI=1S/C6H9ClO2/c1-2-3-6(8)9-5-4-7/h2-3H,4-5H2,1H3. The Labute approximate surface area is 59.5 Å². The molecule has 0 rings (SSSR count). The van der Waals surface area contributed by atoms with Crippen molar-refractivity contribution in [1.82, 2.24) is 0 Å². The third kappa shape index (κ3) is 5.37. The van der Waals surface area contributed by atoms with Crippen LogP contribution in [0.4, 0.5) is 0 Å². The highest BCUT2D eigenvalue weighted by molar-refractivity contribution is 6.18. The highest BCUT2D eigenvalue weighted by Gasteiger charge is 1.91. The largest absolute Gasteiger partial charge is 0.461 e. The fraction of sp³-hybridized carbons (Fsp3) is 0.500. The Morgan fingerprint density at radius 3 is 2.89 bits per heavy atom. The summed E-state index contributed by atoms with van der Waals surface area (Å²) in [5, 5.41) is 0. The van der Waals surface area contributed by atoms with Crippen molar-refractivity contribution in [3.8, 4) is 0 Å². The third-order valence-corrected chi connectivity index (χ3v) is 0.779. The zero-order valence-corrected chi connectivity index (χ0v) is 6.02. The van der Waals surface area contributed by atoms with E-state index in [9.17, 15) is 4.79 Å². The molecule has 0 saturated carbocycles. The Hall–Kier alpha value is -0.500. The van der Waals surface area contributed by atoms with Gasteiger partial charge in [0.05, 0.1) is 5.88 Å². The van der Waals surface area contributed by atoms with E-state index in [2.05, 4.69) is 4.74 Å². The van der Waals surface area contributed by atoms with Crippen LogP contribution >= 0.6 is 11.6 Å². The summed E-state index contributed by atoms with van der Waals surface area (Å²) >= 11 is 5.24. The number of ether oxygens (including phenoxy) is 1. The molecule has 0 aromatic carbocycles. The third-order valence-electron chi connectivity index (χ3n) is 0.624. The summed E-state index contributed by atoms with van der Waals surface area (Å²) in [6.07, 6.45) is 2.98. The van der Waals surface area contributed by atoms with Crippen LogP contribution < -0.4 is 0 Å². The van der Waals surface area contributed by atoms with Gasteiger partial charge in [-0.1, -0.05) is 6.08 Å². The molecule has 0 amide bonds. The number of carbonyl (C=O) groups is 1. The number of esters is 1. The topological polar surface area (TPSA) is 26.3 Å². The van der Waals surface area contributed by atoms with E-state index in [0.29, 0.717) is 5.88 Å². The van der Waals surface area contributed by atoms with Crippen molar-refractivity contribution in [3.63, 3.8) is 0 Å². The maximum Gasteiger partial charge on any atom is 0.330 e. The lowest BCUT2D eigenvalue weighted by atomic mass is 10.5. The number of carbonyl (C=O) groups excluding carboxylic acids is 1. The number of halogens is 1. The molecule has 0 aromatic rings. The zero-order valence-electron chi connectivity index (χ0n) is 5.26. The van der Waals surface area contributed by atoms with Gasteiger partial charge >= 0.3 is 5.97 Å². The minimum absolute atomic E-state index is 0.282. The predicted octanol–water partition coefficient (Wildman–Crippen LogP) is 1.34. The van der Waals surface area contributed by atoms with E-state index in [-0.39, 0.29) is 12.6 Å². The molecule has 9 heavy (non-hydrogen) atoms. The fourth-order valence-corrected chi connectivity index (χ4v) is 0.401. The van der Waals surface area contributed by atoms with Gasteiger partial charge in [0.15, 0.2) is 0 Å². The Morgan fingerprint density at radius 1 is 1.78 bits per heavy atom. The molecule has 3 heteroatoms. The fourth-order valence-electron chi connectivity index (χ4n) is 0.323. The van der Waals surface area contributed by atoms with Gasteiger partial charge in [-0.05, 0) is 6.92 Å². The molecule has 0 aliphatic heterocycles. The summed E-state index contributed by atoms with van der Waals surface area (Å²) in [6, 6.07) is 0. The predicted molar refractivity (Wildman–Crippen MR) is 36.5 cm³/mol. The lowest BCUT2D eigenvalue weighted by Gasteiger charge is -1.94. The first-order valence-corrected chi connectivity index (χ1v) is 3.20. The smallest absolute Gasteiger partial charge is 0.330 e. The van der Waals surface area contributed by atoms with E-state index in [1.165, 1.54) is 6.08 Å². The van der Waals surface area contributed by atoms with Gasteiger partial charge < -0.3 is 4.74 Å². The second kappa shape index (κ2) is 5.63. The van der Waals surface area contributed by atoms with Crippen LogP contribution in [0, 0.1) is 0 Å². The molecular weight excluding hydrogens is 140 g/mol. The van der Waals surface area contributed by atoms with Crippen LogP contribution in [0.3, 0.4) is 0 Å². The highest BCUT2D eigenvalue weighted by Crippen LogP contribution is 1.82. The molecule has 0 spiro atoms. The van der Waals surface area contributed by atoms with Crippen LogP contribution in [0.2, 0.25) is 0 Å². The molecule has 52 valence electrons. The van der Waals surface area contributed by atoms with Gasteiger partial charge in [-0.15, -0.1) is 11.6 Å². The van der Waals surface area contributed by atoms with Gasteiger partial charge in [0.25, 0.3) is 0 Å². The molecule has 0 aromatic heterocycles. The van der Waals surface area contributed by atoms with E-state index < -0.39 is 0 Å². The van der Waals surface area contributed by atoms with E-state index in [1.54, 1.807) is 13.0 Å². The normalized spacial score (nSPS) is 10.0. The van der Waals surface area contributed by atoms with Gasteiger partial charge in [0.2, 0.25) is 0 Å². The molecule has 0 N–H and O–H groups in total. The summed E-state index contributed by atoms with van der Waals surface area (Å²) < 4.78 is 4.57. The average Bonchev–Trinajstić information content (AvgIpc) is 1.85. The SMILES string of the molecule is CC=CC(=O)OCCCl. The molecule has 0 atom stereocenters. The first-order valence-electron chi connectivity index (χ1n) is 2.66. The Morgan fingerprint density at radius 2 is 2.44 bits per heavy atom. The van der Waals surface area contributed by atoms with Gasteiger partial charge in [0.1, 0.15) is 6.61 Å². The quantitative estimate of drug-likeness (QED) is 0.343. The summed E-state index contributed by atoms with van der Waals surface area (Å²) in [7, 11) is 0. The van der Waals surface area contributed by atoms with Crippen molar-refractivity contribution in [2.24, 2.45) is 0 Å². The Balaban J connectivity index is 3.27. The van der Waals surface area contributed by atoms with Gasteiger partial charge in [-0.25, -0.2) is 4.79 Å². The number of allylic oxidation sites excluding steroid dienone is 1. The summed E-state index contributed by atoms with van der Waals surface area (Å²) in [5.74, 6) is 0.0154. The van der Waals surface area contributed by atoms with E-state index in [0.717, 1.165) is 0 Å². The van der Waals surface area contributed by atoms with Crippen LogP contribution in [0.15, 0.2) is 12.2 Å². The lowest BCUT2D eigenvalue weighted by molar-refractivity contribution is -0.137. The maximum absolute atomic E-state index is 10.4. The molecule has 0 aliphatic rings. The second-order valence-electron chi connectivity index (χ2n) is 1.36. The van der Waals surface area contributed by atoms with Crippen molar-refractivity contribution in [2.45, 2.75) is 6.92 Å². The molecule has 0 radical (unpaired) electrons. The molecule has 0 aliphatic carbocycles. The van der Waals surface area contributed by atoms with Crippen molar-refractivity contribution in [3.05, 3.63) is 12.2 Å². The molecule has 0 fully saturated rings. The van der Waals surface area contributed by atoms with E-state index >= 15 is 0 Å². The van der Waals surface area contributed by atoms with Gasteiger partial charge in [-0.3, -0.25) is 0 Å². The summed E-state index contributed by atoms with van der Waals surface area (Å²) in [5.41, 5.74) is 0. The lowest BCUT2D eigenvalue weighted by Crippen LogP contribution is -2.02. The number of alkyl halides is 1.